The van der Waals surface area contributed by atoms with Crippen LogP contribution in [-0.4, -0.2) is 42.0 Å². The second-order valence-electron chi connectivity index (χ2n) is 6.08. The van der Waals surface area contributed by atoms with Gasteiger partial charge in [0.15, 0.2) is 0 Å². The molecular weight excluding hydrogens is 302 g/mol. The van der Waals surface area contributed by atoms with Crippen LogP contribution in [0, 0.1) is 0 Å². The van der Waals surface area contributed by atoms with Gasteiger partial charge in [-0.2, -0.15) is 0 Å². The number of rotatable bonds is 7. The van der Waals surface area contributed by atoms with Crippen LogP contribution in [0.25, 0.3) is 0 Å². The molecule has 5 heteroatoms. The van der Waals surface area contributed by atoms with Gasteiger partial charge in [-0.05, 0) is 35.7 Å². The van der Waals surface area contributed by atoms with E-state index in [1.807, 2.05) is 35.4 Å². The molecule has 0 spiro atoms. The predicted octanol–water partition coefficient (Wildman–Crippen LogP) is 2.02. The van der Waals surface area contributed by atoms with Gasteiger partial charge in [-0.15, -0.1) is 0 Å². The van der Waals surface area contributed by atoms with Crippen LogP contribution in [0.15, 0.2) is 48.8 Å². The van der Waals surface area contributed by atoms with Crippen molar-refractivity contribution >= 4 is 5.91 Å². The van der Waals surface area contributed by atoms with Gasteiger partial charge in [-0.3, -0.25) is 9.78 Å². The van der Waals surface area contributed by atoms with Gasteiger partial charge in [0, 0.05) is 44.5 Å². The third-order valence-electron chi connectivity index (χ3n) is 4.36. The van der Waals surface area contributed by atoms with E-state index in [2.05, 4.69) is 22.4 Å². The highest BCUT2D eigenvalue weighted by Crippen LogP contribution is 2.15. The molecule has 1 aliphatic heterocycles. The van der Waals surface area contributed by atoms with Gasteiger partial charge >= 0.3 is 0 Å². The summed E-state index contributed by atoms with van der Waals surface area (Å²) in [7, 11) is 1.66. The molecule has 1 amide bonds. The molecular formula is C19H23N3O2. The maximum absolute atomic E-state index is 12.2. The Morgan fingerprint density at radius 1 is 1.25 bits per heavy atom. The van der Waals surface area contributed by atoms with Gasteiger partial charge in [0.25, 0.3) is 0 Å². The lowest BCUT2D eigenvalue weighted by Crippen LogP contribution is -2.33. The number of nitrogens with one attached hydrogen (secondary N) is 1. The number of hydrogen-bond acceptors (Lipinski definition) is 4. The van der Waals surface area contributed by atoms with Gasteiger partial charge in [-0.25, -0.2) is 0 Å². The number of aromatic nitrogens is 1. The van der Waals surface area contributed by atoms with Crippen LogP contribution in [0.5, 0.6) is 5.75 Å². The van der Waals surface area contributed by atoms with Gasteiger partial charge in [0.05, 0.1) is 7.11 Å². The number of carbonyl (C=O) groups excluding carboxylic acids is 1. The zero-order valence-electron chi connectivity index (χ0n) is 13.9. The van der Waals surface area contributed by atoms with E-state index in [0.29, 0.717) is 6.42 Å². The Morgan fingerprint density at radius 2 is 2.08 bits per heavy atom. The molecule has 1 fully saturated rings. The Kier molecular flexibility index (Phi) is 5.43. The first-order chi connectivity index (χ1) is 11.7. The Labute approximate surface area is 142 Å². The molecule has 2 aromatic rings. The van der Waals surface area contributed by atoms with Crippen molar-refractivity contribution in [2.75, 3.05) is 20.2 Å². The minimum atomic E-state index is 0.216. The second kappa shape index (κ2) is 7.93. The van der Waals surface area contributed by atoms with Crippen LogP contribution in [0.2, 0.25) is 0 Å². The molecule has 5 nitrogen and oxygen atoms in total. The molecule has 0 aliphatic carbocycles. The molecule has 3 rings (SSSR count). The van der Waals surface area contributed by atoms with Crippen molar-refractivity contribution in [3.8, 4) is 5.75 Å². The van der Waals surface area contributed by atoms with E-state index in [0.717, 1.165) is 37.4 Å². The first kappa shape index (κ1) is 16.5. The smallest absolute Gasteiger partial charge is 0.224 e. The fourth-order valence-electron chi connectivity index (χ4n) is 2.95. The third kappa shape index (κ3) is 4.32. The van der Waals surface area contributed by atoms with Crippen molar-refractivity contribution in [3.05, 3.63) is 59.9 Å². The lowest BCUT2D eigenvalue weighted by molar-refractivity contribution is -0.127. The van der Waals surface area contributed by atoms with E-state index in [-0.39, 0.29) is 11.9 Å². The lowest BCUT2D eigenvalue weighted by atomic mass is 10.1. The summed E-state index contributed by atoms with van der Waals surface area (Å²) >= 11 is 0. The Hall–Kier alpha value is -2.40. The highest BCUT2D eigenvalue weighted by Gasteiger charge is 2.28. The monoisotopic (exact) mass is 325 g/mol. The molecule has 0 radical (unpaired) electrons. The highest BCUT2D eigenvalue weighted by atomic mass is 16.5. The number of nitrogens with zero attached hydrogens (tertiary/aromatic N) is 2. The molecule has 0 bridgehead atoms. The van der Waals surface area contributed by atoms with Crippen molar-refractivity contribution < 1.29 is 9.53 Å². The standard InChI is InChI=1S/C19H23N3O2/c1-24-18-6-4-15(5-7-18)8-10-22-14-17(11-19(22)23)21-13-16-3-2-9-20-12-16/h2-7,9,12,17,21H,8,10-11,13-14H2,1H3/t17-/m0/s1. The number of likely N-dealkylation sites (tertiary alicyclic amines) is 1. The molecule has 1 N–H and O–H groups in total. The number of amides is 1. The molecule has 1 aromatic carbocycles. The maximum Gasteiger partial charge on any atom is 0.224 e. The summed E-state index contributed by atoms with van der Waals surface area (Å²) in [5.41, 5.74) is 2.36. The molecule has 1 atom stereocenters. The first-order valence-electron chi connectivity index (χ1n) is 8.27. The SMILES string of the molecule is COc1ccc(CCN2C[C@@H](NCc3cccnc3)CC2=O)cc1. The number of ether oxygens (including phenoxy) is 1. The molecule has 1 aliphatic rings. The molecule has 24 heavy (non-hydrogen) atoms. The summed E-state index contributed by atoms with van der Waals surface area (Å²) in [6, 6.07) is 12.2. The van der Waals surface area contributed by atoms with Crippen LogP contribution in [0.4, 0.5) is 0 Å². The number of carbonyl (C=O) groups is 1. The fraction of sp³-hybridized carbons (Fsp3) is 0.368. The summed E-state index contributed by atoms with van der Waals surface area (Å²) < 4.78 is 5.16. The molecule has 0 unspecified atom stereocenters. The summed E-state index contributed by atoms with van der Waals surface area (Å²) in [4.78, 5) is 18.2. The lowest BCUT2D eigenvalue weighted by Gasteiger charge is -2.17. The zero-order chi connectivity index (χ0) is 16.8. The molecule has 1 saturated heterocycles. The summed E-state index contributed by atoms with van der Waals surface area (Å²) in [5, 5.41) is 3.45. The van der Waals surface area contributed by atoms with Crippen LogP contribution in [-0.2, 0) is 17.8 Å². The van der Waals surface area contributed by atoms with Crippen molar-refractivity contribution in [1.29, 1.82) is 0 Å². The number of pyridine rings is 1. The summed E-state index contributed by atoms with van der Waals surface area (Å²) in [5.74, 6) is 1.09. The summed E-state index contributed by atoms with van der Waals surface area (Å²) in [6.07, 6.45) is 5.06. The van der Waals surface area contributed by atoms with Crippen molar-refractivity contribution in [2.24, 2.45) is 0 Å². The van der Waals surface area contributed by atoms with Gasteiger partial charge in [-0.1, -0.05) is 18.2 Å². The summed E-state index contributed by atoms with van der Waals surface area (Å²) in [6.45, 7) is 2.28. The molecule has 1 aromatic heterocycles. The second-order valence-corrected chi connectivity index (χ2v) is 6.08. The van der Waals surface area contributed by atoms with Crippen LogP contribution in [0.1, 0.15) is 17.5 Å². The third-order valence-corrected chi connectivity index (χ3v) is 4.36. The zero-order valence-corrected chi connectivity index (χ0v) is 13.9. The van der Waals surface area contributed by atoms with Crippen molar-refractivity contribution in [2.45, 2.75) is 25.4 Å². The molecule has 126 valence electrons. The first-order valence-corrected chi connectivity index (χ1v) is 8.27. The van der Waals surface area contributed by atoms with E-state index in [1.165, 1.54) is 5.56 Å². The average Bonchev–Trinajstić information content (AvgIpc) is 2.99. The topological polar surface area (TPSA) is 54.5 Å². The van der Waals surface area contributed by atoms with Gasteiger partial charge in [0.2, 0.25) is 5.91 Å². The van der Waals surface area contributed by atoms with E-state index in [9.17, 15) is 4.79 Å². The Balaban J connectivity index is 1.46. The largest absolute Gasteiger partial charge is 0.497 e. The normalized spacial score (nSPS) is 17.3. The van der Waals surface area contributed by atoms with Crippen LogP contribution < -0.4 is 10.1 Å². The number of hydrogen-bond donors (Lipinski definition) is 1. The minimum Gasteiger partial charge on any atom is -0.497 e. The predicted molar refractivity (Wildman–Crippen MR) is 92.8 cm³/mol. The van der Waals surface area contributed by atoms with Crippen molar-refractivity contribution in [1.82, 2.24) is 15.2 Å². The Morgan fingerprint density at radius 3 is 2.79 bits per heavy atom. The average molecular weight is 325 g/mol. The van der Waals surface area contributed by atoms with E-state index in [4.69, 9.17) is 4.74 Å². The Bertz CT molecular complexity index is 658. The van der Waals surface area contributed by atoms with Gasteiger partial charge < -0.3 is 15.0 Å². The quantitative estimate of drug-likeness (QED) is 0.846. The van der Waals surface area contributed by atoms with E-state index in [1.54, 1.807) is 13.3 Å². The highest BCUT2D eigenvalue weighted by molar-refractivity contribution is 5.79. The van der Waals surface area contributed by atoms with Crippen LogP contribution in [0.3, 0.4) is 0 Å². The van der Waals surface area contributed by atoms with Gasteiger partial charge in [0.1, 0.15) is 5.75 Å². The number of methoxy groups -OCH3 is 1. The minimum absolute atomic E-state index is 0.216. The van der Waals surface area contributed by atoms with Crippen molar-refractivity contribution in [3.63, 3.8) is 0 Å². The maximum atomic E-state index is 12.2. The van der Waals surface area contributed by atoms with E-state index < -0.39 is 0 Å². The van der Waals surface area contributed by atoms with E-state index >= 15 is 0 Å². The molecule has 2 heterocycles. The van der Waals surface area contributed by atoms with Crippen LogP contribution >= 0.6 is 0 Å². The number of benzene rings is 1. The fourth-order valence-corrected chi connectivity index (χ4v) is 2.95. The molecule has 0 saturated carbocycles.